The molecule has 1 aromatic carbocycles. The molecule has 2 bridgehead atoms. The fourth-order valence-corrected chi connectivity index (χ4v) is 5.67. The molecular formula is C21H29NO. The number of fused-ring (bicyclic) bond motifs is 4. The smallest absolute Gasteiger partial charge is 0.248 e. The predicted molar refractivity (Wildman–Crippen MR) is 93.4 cm³/mol. The Balaban J connectivity index is 1.67. The number of rotatable bonds is 3. The summed E-state index contributed by atoms with van der Waals surface area (Å²) in [6.45, 7) is 4.88. The maximum atomic E-state index is 11.6. The van der Waals surface area contributed by atoms with E-state index in [2.05, 4.69) is 26.0 Å². The largest absolute Gasteiger partial charge is 0.366 e. The van der Waals surface area contributed by atoms with Crippen molar-refractivity contribution in [1.29, 1.82) is 0 Å². The van der Waals surface area contributed by atoms with E-state index in [1.165, 1.54) is 56.1 Å². The number of hydrogen-bond donors (Lipinski definition) is 1. The number of carbonyl (C=O) groups excluding carboxylic acids is 1. The summed E-state index contributed by atoms with van der Waals surface area (Å²) < 4.78 is 0. The molecule has 2 saturated carbocycles. The zero-order valence-electron chi connectivity index (χ0n) is 14.5. The minimum absolute atomic E-state index is 0.222. The summed E-state index contributed by atoms with van der Waals surface area (Å²) in [5.41, 5.74) is 9.28. The second-order valence-corrected chi connectivity index (χ2v) is 8.64. The number of nitrogens with two attached hydrogens (primary N) is 1. The van der Waals surface area contributed by atoms with Gasteiger partial charge in [-0.3, -0.25) is 4.79 Å². The molecular weight excluding hydrogens is 282 g/mol. The second-order valence-electron chi connectivity index (χ2n) is 8.64. The number of carbonyl (C=O) groups is 1. The van der Waals surface area contributed by atoms with Crippen molar-refractivity contribution in [1.82, 2.24) is 0 Å². The molecule has 2 fully saturated rings. The molecule has 0 spiro atoms. The van der Waals surface area contributed by atoms with Gasteiger partial charge < -0.3 is 5.73 Å². The number of amides is 1. The normalized spacial score (nSPS) is 36.2. The molecule has 3 aliphatic rings. The highest BCUT2D eigenvalue weighted by Crippen LogP contribution is 2.56. The van der Waals surface area contributed by atoms with E-state index >= 15 is 0 Å². The standard InChI is InChI=1S/C21H29NO/c1-13-18-11-16-6-7-17(20(22)23)12-19(16)21(13,2)9-8-15(18)10-14-4-3-5-14/h6-7,12-15,18H,3-5,8-11H2,1-2H3,(H2,22,23)/t13-,15?,18+,21?/m0/s1. The SMILES string of the molecule is C[C@H]1[C@H]2Cc3ccc(C(N)=O)cc3C1(C)CCC2CC1CCC1. The topological polar surface area (TPSA) is 43.1 Å². The maximum absolute atomic E-state index is 11.6. The number of hydrogen-bond acceptors (Lipinski definition) is 1. The third-order valence-corrected chi connectivity index (χ3v) is 7.61. The monoisotopic (exact) mass is 311 g/mol. The Morgan fingerprint density at radius 2 is 2.09 bits per heavy atom. The Labute approximate surface area is 139 Å². The van der Waals surface area contributed by atoms with Crippen LogP contribution in [0.1, 0.15) is 73.9 Å². The first kappa shape index (κ1) is 15.2. The van der Waals surface area contributed by atoms with Crippen LogP contribution in [0.25, 0.3) is 0 Å². The summed E-state index contributed by atoms with van der Waals surface area (Å²) in [7, 11) is 0. The summed E-state index contributed by atoms with van der Waals surface area (Å²) in [4.78, 5) is 11.6. The number of primary amides is 1. The van der Waals surface area contributed by atoms with Crippen LogP contribution in [-0.4, -0.2) is 5.91 Å². The van der Waals surface area contributed by atoms with Gasteiger partial charge in [-0.15, -0.1) is 0 Å². The highest BCUT2D eigenvalue weighted by atomic mass is 16.1. The second kappa shape index (κ2) is 5.36. The Kier molecular flexibility index (Phi) is 3.55. The van der Waals surface area contributed by atoms with Crippen LogP contribution in [0.15, 0.2) is 18.2 Å². The summed E-state index contributed by atoms with van der Waals surface area (Å²) in [5, 5.41) is 0. The summed E-state index contributed by atoms with van der Waals surface area (Å²) in [6.07, 6.45) is 9.66. The zero-order valence-corrected chi connectivity index (χ0v) is 14.5. The van der Waals surface area contributed by atoms with Gasteiger partial charge in [0.1, 0.15) is 0 Å². The van der Waals surface area contributed by atoms with Crippen LogP contribution in [0.4, 0.5) is 0 Å². The molecule has 2 unspecified atom stereocenters. The van der Waals surface area contributed by atoms with Gasteiger partial charge in [0, 0.05) is 5.56 Å². The summed E-state index contributed by atoms with van der Waals surface area (Å²) in [5.74, 6) is 3.14. The first-order valence-electron chi connectivity index (χ1n) is 9.42. The molecule has 3 aliphatic carbocycles. The lowest BCUT2D eigenvalue weighted by Crippen LogP contribution is -2.48. The lowest BCUT2D eigenvalue weighted by atomic mass is 9.50. The Morgan fingerprint density at radius 3 is 2.74 bits per heavy atom. The van der Waals surface area contributed by atoms with Crippen molar-refractivity contribution < 1.29 is 4.79 Å². The van der Waals surface area contributed by atoms with E-state index in [1.807, 2.05) is 6.07 Å². The molecule has 0 aliphatic heterocycles. The van der Waals surface area contributed by atoms with Gasteiger partial charge >= 0.3 is 0 Å². The predicted octanol–water partition coefficient (Wildman–Crippen LogP) is 4.45. The molecule has 0 saturated heterocycles. The fraction of sp³-hybridized carbons (Fsp3) is 0.667. The molecule has 4 rings (SSSR count). The maximum Gasteiger partial charge on any atom is 0.248 e. The van der Waals surface area contributed by atoms with E-state index in [4.69, 9.17) is 5.73 Å². The molecule has 0 heterocycles. The molecule has 23 heavy (non-hydrogen) atoms. The highest BCUT2D eigenvalue weighted by molar-refractivity contribution is 5.93. The zero-order chi connectivity index (χ0) is 16.2. The van der Waals surface area contributed by atoms with E-state index in [1.54, 1.807) is 0 Å². The molecule has 2 nitrogen and oxygen atoms in total. The van der Waals surface area contributed by atoms with Crippen LogP contribution in [0.2, 0.25) is 0 Å². The summed E-state index contributed by atoms with van der Waals surface area (Å²) >= 11 is 0. The van der Waals surface area contributed by atoms with Gasteiger partial charge in [-0.25, -0.2) is 0 Å². The van der Waals surface area contributed by atoms with Gasteiger partial charge in [0.2, 0.25) is 5.91 Å². The lowest BCUT2D eigenvalue weighted by Gasteiger charge is -2.54. The molecule has 1 aromatic rings. The lowest BCUT2D eigenvalue weighted by molar-refractivity contribution is 0.0449. The molecule has 1 amide bonds. The van der Waals surface area contributed by atoms with Gasteiger partial charge in [0.25, 0.3) is 0 Å². The van der Waals surface area contributed by atoms with E-state index in [0.29, 0.717) is 11.5 Å². The van der Waals surface area contributed by atoms with Crippen LogP contribution in [0, 0.1) is 23.7 Å². The van der Waals surface area contributed by atoms with Gasteiger partial charge in [0.05, 0.1) is 0 Å². The molecule has 4 atom stereocenters. The van der Waals surface area contributed by atoms with E-state index in [0.717, 1.165) is 17.8 Å². The van der Waals surface area contributed by atoms with Gasteiger partial charge in [-0.2, -0.15) is 0 Å². The van der Waals surface area contributed by atoms with E-state index < -0.39 is 0 Å². The first-order chi connectivity index (χ1) is 11.0. The van der Waals surface area contributed by atoms with Crippen LogP contribution >= 0.6 is 0 Å². The minimum atomic E-state index is -0.301. The van der Waals surface area contributed by atoms with Crippen LogP contribution in [0.5, 0.6) is 0 Å². The average Bonchev–Trinajstić information content (AvgIpc) is 2.48. The van der Waals surface area contributed by atoms with Gasteiger partial charge in [0.15, 0.2) is 0 Å². The van der Waals surface area contributed by atoms with Crippen LogP contribution in [0.3, 0.4) is 0 Å². The van der Waals surface area contributed by atoms with Crippen molar-refractivity contribution in [3.05, 3.63) is 34.9 Å². The van der Waals surface area contributed by atoms with Gasteiger partial charge in [-0.1, -0.05) is 39.2 Å². The van der Waals surface area contributed by atoms with E-state index in [-0.39, 0.29) is 11.3 Å². The van der Waals surface area contributed by atoms with Gasteiger partial charge in [-0.05, 0) is 78.0 Å². The van der Waals surface area contributed by atoms with Crippen molar-refractivity contribution in [3.63, 3.8) is 0 Å². The van der Waals surface area contributed by atoms with Crippen LogP contribution < -0.4 is 5.73 Å². The third kappa shape index (κ3) is 2.33. The van der Waals surface area contributed by atoms with Crippen molar-refractivity contribution in [2.45, 2.75) is 64.2 Å². The van der Waals surface area contributed by atoms with Crippen molar-refractivity contribution in [2.24, 2.45) is 29.4 Å². The number of benzene rings is 1. The van der Waals surface area contributed by atoms with Crippen molar-refractivity contribution in [2.75, 3.05) is 0 Å². The minimum Gasteiger partial charge on any atom is -0.366 e. The quantitative estimate of drug-likeness (QED) is 0.880. The Morgan fingerprint density at radius 1 is 1.30 bits per heavy atom. The van der Waals surface area contributed by atoms with Crippen LogP contribution in [-0.2, 0) is 11.8 Å². The Hall–Kier alpha value is -1.31. The average molecular weight is 311 g/mol. The molecule has 2 heteroatoms. The molecule has 0 aromatic heterocycles. The third-order valence-electron chi connectivity index (χ3n) is 7.61. The molecule has 124 valence electrons. The molecule has 0 radical (unpaired) electrons. The first-order valence-corrected chi connectivity index (χ1v) is 9.42. The summed E-state index contributed by atoms with van der Waals surface area (Å²) in [6, 6.07) is 6.20. The highest BCUT2D eigenvalue weighted by Gasteiger charge is 2.49. The van der Waals surface area contributed by atoms with Crippen molar-refractivity contribution >= 4 is 5.91 Å². The molecule has 2 N–H and O–H groups in total. The Bertz CT molecular complexity index is 633. The van der Waals surface area contributed by atoms with Crippen molar-refractivity contribution in [3.8, 4) is 0 Å². The fourth-order valence-electron chi connectivity index (χ4n) is 5.67. The van der Waals surface area contributed by atoms with E-state index in [9.17, 15) is 4.79 Å².